The first-order valence-corrected chi connectivity index (χ1v) is 8.90. The van der Waals surface area contributed by atoms with Gasteiger partial charge in [0, 0.05) is 29.1 Å². The molecule has 2 aromatic rings. The van der Waals surface area contributed by atoms with Crippen LogP contribution in [-0.2, 0) is 6.54 Å². The summed E-state index contributed by atoms with van der Waals surface area (Å²) in [4.78, 5) is 5.29. The van der Waals surface area contributed by atoms with Crippen LogP contribution in [-0.4, -0.2) is 14.8 Å². The Kier molecular flexibility index (Phi) is 6.94. The normalized spacial score (nSPS) is 12.5. The van der Waals surface area contributed by atoms with E-state index >= 15 is 0 Å². The molecule has 0 amide bonds. The minimum absolute atomic E-state index is 0.517. The van der Waals surface area contributed by atoms with E-state index in [1.165, 1.54) is 30.6 Å². The van der Waals surface area contributed by atoms with Crippen LogP contribution in [0.15, 0.2) is 41.8 Å². The van der Waals surface area contributed by atoms with Crippen molar-refractivity contribution in [3.63, 3.8) is 0 Å². The number of thioether (sulfide) groups is 1. The van der Waals surface area contributed by atoms with Gasteiger partial charge in [-0.05, 0) is 24.6 Å². The number of aromatic nitrogens is 2. The van der Waals surface area contributed by atoms with Gasteiger partial charge >= 0.3 is 0 Å². The monoisotopic (exact) mass is 342 g/mol. The smallest absolute Gasteiger partial charge is 0.0946 e. The quantitative estimate of drug-likeness (QED) is 0.437. The zero-order valence-electron chi connectivity index (χ0n) is 12.1. The molecule has 0 aliphatic heterocycles. The largest absolute Gasteiger partial charge is 0.336 e. The van der Waals surface area contributed by atoms with E-state index in [1.54, 1.807) is 0 Å². The maximum absolute atomic E-state index is 6.11. The number of hydrogen-bond donors (Lipinski definition) is 0. The molecule has 0 aliphatic carbocycles. The lowest BCUT2D eigenvalue weighted by molar-refractivity contribution is 0.581. The second-order valence-corrected chi connectivity index (χ2v) is 7.26. The Morgan fingerprint density at radius 2 is 2.10 bits per heavy atom. The lowest BCUT2D eigenvalue weighted by Gasteiger charge is -2.17. The zero-order chi connectivity index (χ0) is 15.1. The molecule has 0 spiro atoms. The van der Waals surface area contributed by atoms with Crippen LogP contribution in [0.25, 0.3) is 0 Å². The van der Waals surface area contributed by atoms with Crippen LogP contribution in [0, 0.1) is 0 Å². The lowest BCUT2D eigenvalue weighted by atomic mass is 10.1. The fourth-order valence-corrected chi connectivity index (χ4v) is 3.79. The maximum Gasteiger partial charge on any atom is 0.0946 e. The zero-order valence-corrected chi connectivity index (χ0v) is 14.5. The van der Waals surface area contributed by atoms with Crippen molar-refractivity contribution >= 4 is 35.0 Å². The van der Waals surface area contributed by atoms with Crippen LogP contribution in [0.3, 0.4) is 0 Å². The van der Waals surface area contributed by atoms with Crippen molar-refractivity contribution in [2.24, 2.45) is 0 Å². The topological polar surface area (TPSA) is 17.8 Å². The molecule has 0 N–H and O–H groups in total. The highest BCUT2D eigenvalue weighted by atomic mass is 35.5. The molecule has 0 saturated heterocycles. The van der Waals surface area contributed by atoms with E-state index in [4.69, 9.17) is 23.2 Å². The Morgan fingerprint density at radius 3 is 2.76 bits per heavy atom. The number of imidazole rings is 1. The van der Waals surface area contributed by atoms with Gasteiger partial charge in [-0.3, -0.25) is 0 Å². The standard InChI is InChI=1S/C16H20Cl2N2S/c1-2-3-4-5-14(11-20-9-8-19-12-20)21-13-6-7-15(17)16(18)10-13/h6-10,12,14H,2-5,11H2,1H3. The molecule has 1 atom stereocenters. The molecule has 21 heavy (non-hydrogen) atoms. The highest BCUT2D eigenvalue weighted by molar-refractivity contribution is 8.00. The van der Waals surface area contributed by atoms with Crippen molar-refractivity contribution < 1.29 is 0 Å². The van der Waals surface area contributed by atoms with E-state index < -0.39 is 0 Å². The Labute approximate surface area is 140 Å². The maximum atomic E-state index is 6.11. The summed E-state index contributed by atoms with van der Waals surface area (Å²) in [7, 11) is 0. The SMILES string of the molecule is CCCCCC(Cn1ccnc1)Sc1ccc(Cl)c(Cl)c1. The van der Waals surface area contributed by atoms with Crippen LogP contribution in [0.1, 0.15) is 32.6 Å². The van der Waals surface area contributed by atoms with Crippen LogP contribution < -0.4 is 0 Å². The van der Waals surface area contributed by atoms with E-state index in [9.17, 15) is 0 Å². The van der Waals surface area contributed by atoms with Crippen molar-refractivity contribution in [1.29, 1.82) is 0 Å². The van der Waals surface area contributed by atoms with Crippen molar-refractivity contribution in [2.75, 3.05) is 0 Å². The van der Waals surface area contributed by atoms with Crippen molar-refractivity contribution in [2.45, 2.75) is 49.3 Å². The van der Waals surface area contributed by atoms with Gasteiger partial charge in [-0.25, -0.2) is 4.98 Å². The molecule has 0 bridgehead atoms. The number of benzene rings is 1. The van der Waals surface area contributed by atoms with Gasteiger partial charge in [0.25, 0.3) is 0 Å². The third-order valence-corrected chi connectivity index (χ3v) is 5.28. The summed E-state index contributed by atoms with van der Waals surface area (Å²) in [5.41, 5.74) is 0. The van der Waals surface area contributed by atoms with E-state index in [0.717, 1.165) is 6.54 Å². The molecule has 5 heteroatoms. The molecule has 2 nitrogen and oxygen atoms in total. The molecule has 114 valence electrons. The molecule has 0 radical (unpaired) electrons. The summed E-state index contributed by atoms with van der Waals surface area (Å²) >= 11 is 14.0. The first-order valence-electron chi connectivity index (χ1n) is 7.26. The van der Waals surface area contributed by atoms with Gasteiger partial charge in [0.2, 0.25) is 0 Å². The molecule has 2 rings (SSSR count). The van der Waals surface area contributed by atoms with E-state index in [2.05, 4.69) is 16.5 Å². The van der Waals surface area contributed by atoms with E-state index in [1.807, 2.05) is 48.7 Å². The molecular weight excluding hydrogens is 323 g/mol. The summed E-state index contributed by atoms with van der Waals surface area (Å²) in [6, 6.07) is 5.86. The Balaban J connectivity index is 2.01. The summed E-state index contributed by atoms with van der Waals surface area (Å²) in [6.45, 7) is 3.20. The molecule has 1 aromatic carbocycles. The first kappa shape index (κ1) is 16.7. The third kappa shape index (κ3) is 5.57. The summed E-state index contributed by atoms with van der Waals surface area (Å²) in [5.74, 6) is 0. The van der Waals surface area contributed by atoms with Crippen LogP contribution in [0.4, 0.5) is 0 Å². The fourth-order valence-electron chi connectivity index (χ4n) is 2.18. The van der Waals surface area contributed by atoms with Gasteiger partial charge in [-0.2, -0.15) is 0 Å². The van der Waals surface area contributed by atoms with Gasteiger partial charge in [0.15, 0.2) is 0 Å². The van der Waals surface area contributed by atoms with Crippen LogP contribution >= 0.6 is 35.0 Å². The van der Waals surface area contributed by atoms with Gasteiger partial charge in [0.05, 0.1) is 16.4 Å². The van der Waals surface area contributed by atoms with Gasteiger partial charge < -0.3 is 4.57 Å². The fraction of sp³-hybridized carbons (Fsp3) is 0.438. The summed E-state index contributed by atoms with van der Waals surface area (Å²) < 4.78 is 2.14. The highest BCUT2D eigenvalue weighted by Crippen LogP contribution is 2.32. The van der Waals surface area contributed by atoms with E-state index in [-0.39, 0.29) is 0 Å². The van der Waals surface area contributed by atoms with Gasteiger partial charge in [-0.15, -0.1) is 11.8 Å². The number of hydrogen-bond acceptors (Lipinski definition) is 2. The Morgan fingerprint density at radius 1 is 1.24 bits per heavy atom. The number of halogens is 2. The second kappa shape index (κ2) is 8.72. The minimum atomic E-state index is 0.517. The number of unbranched alkanes of at least 4 members (excludes halogenated alkanes) is 2. The molecule has 1 heterocycles. The predicted molar refractivity (Wildman–Crippen MR) is 92.5 cm³/mol. The Hall–Kier alpha value is -0.640. The van der Waals surface area contributed by atoms with Gasteiger partial charge in [-0.1, -0.05) is 49.4 Å². The Bertz CT molecular complexity index is 543. The molecule has 1 unspecified atom stereocenters. The molecule has 0 saturated carbocycles. The minimum Gasteiger partial charge on any atom is -0.336 e. The third-order valence-electron chi connectivity index (χ3n) is 3.30. The first-order chi connectivity index (χ1) is 10.2. The average Bonchev–Trinajstić information content (AvgIpc) is 2.96. The summed E-state index contributed by atoms with van der Waals surface area (Å²) in [6.07, 6.45) is 10.7. The summed E-state index contributed by atoms with van der Waals surface area (Å²) in [5, 5.41) is 1.75. The van der Waals surface area contributed by atoms with E-state index in [0.29, 0.717) is 15.3 Å². The predicted octanol–water partition coefficient (Wildman–Crippen LogP) is 5.93. The lowest BCUT2D eigenvalue weighted by Crippen LogP contribution is -2.12. The van der Waals surface area contributed by atoms with Crippen molar-refractivity contribution in [1.82, 2.24) is 9.55 Å². The second-order valence-electron chi connectivity index (χ2n) is 5.07. The van der Waals surface area contributed by atoms with Crippen LogP contribution in [0.5, 0.6) is 0 Å². The molecule has 0 fully saturated rings. The van der Waals surface area contributed by atoms with Crippen LogP contribution in [0.2, 0.25) is 10.0 Å². The number of rotatable bonds is 8. The molecular formula is C16H20Cl2N2S. The molecule has 0 aliphatic rings. The van der Waals surface area contributed by atoms with Crippen molar-refractivity contribution in [3.05, 3.63) is 47.0 Å². The highest BCUT2D eigenvalue weighted by Gasteiger charge is 2.12. The molecule has 1 aromatic heterocycles. The average molecular weight is 343 g/mol. The van der Waals surface area contributed by atoms with Gasteiger partial charge in [0.1, 0.15) is 0 Å². The van der Waals surface area contributed by atoms with Crippen molar-refractivity contribution in [3.8, 4) is 0 Å². The number of nitrogens with zero attached hydrogens (tertiary/aromatic N) is 2.